The van der Waals surface area contributed by atoms with E-state index in [-0.39, 0.29) is 5.92 Å². The average Bonchev–Trinajstić information content (AvgIpc) is 3.10. The molecule has 1 atom stereocenters. The van der Waals surface area contributed by atoms with Gasteiger partial charge in [-0.2, -0.15) is 5.26 Å². The van der Waals surface area contributed by atoms with Gasteiger partial charge in [0.15, 0.2) is 0 Å². The first-order valence-corrected chi connectivity index (χ1v) is 10.5. The van der Waals surface area contributed by atoms with Gasteiger partial charge in [0.1, 0.15) is 11.8 Å². The Bertz CT molecular complexity index is 914. The van der Waals surface area contributed by atoms with Crippen LogP contribution >= 0.6 is 11.6 Å². The summed E-state index contributed by atoms with van der Waals surface area (Å²) in [5.74, 6) is 0.324. The Morgan fingerprint density at radius 3 is 2.75 bits per heavy atom. The van der Waals surface area contributed by atoms with E-state index in [0.29, 0.717) is 29.1 Å². The van der Waals surface area contributed by atoms with Gasteiger partial charge in [-0.1, -0.05) is 43.0 Å². The number of benzene rings is 1. The predicted octanol–water partition coefficient (Wildman–Crippen LogP) is 5.00. The van der Waals surface area contributed by atoms with Gasteiger partial charge >= 0.3 is 0 Å². The molecule has 0 N–H and O–H groups in total. The molecule has 1 aliphatic carbocycles. The number of carbonyl (C=O) groups is 1. The second-order valence-corrected chi connectivity index (χ2v) is 8.24. The minimum atomic E-state index is 0.0262. The van der Waals surface area contributed by atoms with Crippen LogP contribution in [0.1, 0.15) is 49.8 Å². The van der Waals surface area contributed by atoms with E-state index in [1.54, 1.807) is 6.20 Å². The molecule has 2 aliphatic rings. The van der Waals surface area contributed by atoms with E-state index in [9.17, 15) is 10.1 Å². The van der Waals surface area contributed by atoms with Crippen molar-refractivity contribution in [3.05, 3.63) is 52.8 Å². The summed E-state index contributed by atoms with van der Waals surface area (Å²) in [5, 5.41) is 9.91. The summed E-state index contributed by atoms with van der Waals surface area (Å²) in [7, 11) is 0. The van der Waals surface area contributed by atoms with Crippen molar-refractivity contribution in [2.24, 2.45) is 5.92 Å². The van der Waals surface area contributed by atoms with Gasteiger partial charge in [0.05, 0.1) is 0 Å². The number of amides is 1. The summed E-state index contributed by atoms with van der Waals surface area (Å²) in [6, 6.07) is 12.1. The maximum absolute atomic E-state index is 12.9. The van der Waals surface area contributed by atoms with Gasteiger partial charge in [0, 0.05) is 35.3 Å². The molecule has 5 heteroatoms. The molecule has 1 aromatic carbocycles. The van der Waals surface area contributed by atoms with Gasteiger partial charge in [0.2, 0.25) is 5.91 Å². The topological polar surface area (TPSA) is 57.0 Å². The second kappa shape index (κ2) is 8.32. The van der Waals surface area contributed by atoms with Crippen molar-refractivity contribution in [2.45, 2.75) is 51.0 Å². The van der Waals surface area contributed by atoms with Crippen molar-refractivity contribution in [1.82, 2.24) is 9.88 Å². The smallest absolute Gasteiger partial charge is 0.226 e. The minimum absolute atomic E-state index is 0.0262. The molecule has 28 heavy (non-hydrogen) atoms. The fraction of sp³-hybridized carbons (Fsp3) is 0.435. The molecule has 4 rings (SSSR count). The molecule has 4 nitrogen and oxygen atoms in total. The molecule has 2 heterocycles. The lowest BCUT2D eigenvalue weighted by Gasteiger charge is -2.31. The average molecular weight is 394 g/mol. The van der Waals surface area contributed by atoms with Crippen LogP contribution in [0.25, 0.3) is 11.1 Å². The fourth-order valence-corrected chi connectivity index (χ4v) is 4.84. The highest BCUT2D eigenvalue weighted by Gasteiger charge is 2.36. The van der Waals surface area contributed by atoms with Crippen LogP contribution in [-0.2, 0) is 11.2 Å². The van der Waals surface area contributed by atoms with Crippen LogP contribution < -0.4 is 0 Å². The van der Waals surface area contributed by atoms with Gasteiger partial charge in [-0.05, 0) is 55.0 Å². The molecule has 1 saturated carbocycles. The third-order valence-corrected chi connectivity index (χ3v) is 6.46. The number of rotatable bonds is 4. The van der Waals surface area contributed by atoms with Crippen LogP contribution in [0.15, 0.2) is 36.5 Å². The highest BCUT2D eigenvalue weighted by Crippen LogP contribution is 2.33. The number of hydrogen-bond acceptors (Lipinski definition) is 3. The van der Waals surface area contributed by atoms with E-state index in [1.165, 1.54) is 19.3 Å². The van der Waals surface area contributed by atoms with Crippen LogP contribution in [0.3, 0.4) is 0 Å². The second-order valence-electron chi connectivity index (χ2n) is 7.83. The van der Waals surface area contributed by atoms with E-state index in [0.717, 1.165) is 42.5 Å². The Morgan fingerprint density at radius 1 is 1.18 bits per heavy atom. The standard InChI is InChI=1S/C23H24ClN3O/c24-21-14-16(20-7-4-11-26-22(20)15-25)8-9-17(21)13-18-10-12-27(23(18)28)19-5-2-1-3-6-19/h4,7-9,11,14,18-19H,1-3,5-6,10,12-13H2. The molecule has 2 fully saturated rings. The van der Waals surface area contributed by atoms with Crippen molar-refractivity contribution in [3.8, 4) is 17.2 Å². The molecule has 2 aromatic rings. The summed E-state index contributed by atoms with van der Waals surface area (Å²) < 4.78 is 0. The van der Waals surface area contributed by atoms with Crippen LogP contribution in [0.5, 0.6) is 0 Å². The van der Waals surface area contributed by atoms with E-state index in [2.05, 4.69) is 16.0 Å². The van der Waals surface area contributed by atoms with Crippen LogP contribution in [-0.4, -0.2) is 28.4 Å². The van der Waals surface area contributed by atoms with Crippen molar-refractivity contribution in [3.63, 3.8) is 0 Å². The zero-order valence-electron chi connectivity index (χ0n) is 15.9. The number of hydrogen-bond donors (Lipinski definition) is 0. The Hall–Kier alpha value is -2.38. The van der Waals surface area contributed by atoms with Gasteiger partial charge in [-0.25, -0.2) is 4.98 Å². The van der Waals surface area contributed by atoms with E-state index in [4.69, 9.17) is 11.6 Å². The number of nitriles is 1. The molecule has 0 bridgehead atoms. The first-order valence-electron chi connectivity index (χ1n) is 10.1. The number of likely N-dealkylation sites (tertiary alicyclic amines) is 1. The van der Waals surface area contributed by atoms with Gasteiger partial charge < -0.3 is 4.90 Å². The number of carbonyl (C=O) groups excluding carboxylic acids is 1. The zero-order chi connectivity index (χ0) is 19.5. The third-order valence-electron chi connectivity index (χ3n) is 6.11. The minimum Gasteiger partial charge on any atom is -0.339 e. The molecule has 1 aliphatic heterocycles. The molecule has 1 aromatic heterocycles. The summed E-state index contributed by atoms with van der Waals surface area (Å²) >= 11 is 6.56. The van der Waals surface area contributed by atoms with Crippen LogP contribution in [0.4, 0.5) is 0 Å². The SMILES string of the molecule is N#Cc1ncccc1-c1ccc(CC2CCN(C3CCCCC3)C2=O)c(Cl)c1. The molecule has 144 valence electrons. The van der Waals surface area contributed by atoms with Gasteiger partial charge in [-0.3, -0.25) is 4.79 Å². The quantitative estimate of drug-likeness (QED) is 0.734. The normalized spacial score (nSPS) is 20.4. The summed E-state index contributed by atoms with van der Waals surface area (Å²) in [6.45, 7) is 0.880. The highest BCUT2D eigenvalue weighted by molar-refractivity contribution is 6.31. The van der Waals surface area contributed by atoms with Crippen molar-refractivity contribution < 1.29 is 4.79 Å². The summed E-state index contributed by atoms with van der Waals surface area (Å²) in [5.41, 5.74) is 3.04. The molecule has 0 radical (unpaired) electrons. The Balaban J connectivity index is 1.48. The van der Waals surface area contributed by atoms with Crippen LogP contribution in [0, 0.1) is 17.2 Å². The lowest BCUT2D eigenvalue weighted by molar-refractivity contribution is -0.133. The first kappa shape index (κ1) is 19.0. The summed E-state index contributed by atoms with van der Waals surface area (Å²) in [4.78, 5) is 19.2. The van der Waals surface area contributed by atoms with Crippen molar-refractivity contribution in [2.75, 3.05) is 6.54 Å². The highest BCUT2D eigenvalue weighted by atomic mass is 35.5. The Labute approximate surface area is 171 Å². The lowest BCUT2D eigenvalue weighted by Crippen LogP contribution is -2.39. The van der Waals surface area contributed by atoms with Crippen molar-refractivity contribution >= 4 is 17.5 Å². The van der Waals surface area contributed by atoms with Crippen LogP contribution in [0.2, 0.25) is 5.02 Å². The third kappa shape index (κ3) is 3.77. The monoisotopic (exact) mass is 393 g/mol. The first-order chi connectivity index (χ1) is 13.7. The molecule has 1 amide bonds. The number of aromatic nitrogens is 1. The predicted molar refractivity (Wildman–Crippen MR) is 110 cm³/mol. The number of nitrogens with zero attached hydrogens (tertiary/aromatic N) is 3. The molecule has 1 saturated heterocycles. The van der Waals surface area contributed by atoms with Crippen molar-refractivity contribution in [1.29, 1.82) is 5.26 Å². The maximum Gasteiger partial charge on any atom is 0.226 e. The summed E-state index contributed by atoms with van der Waals surface area (Å²) in [6.07, 6.45) is 9.29. The molecular formula is C23H24ClN3O. The Morgan fingerprint density at radius 2 is 2.00 bits per heavy atom. The van der Waals surface area contributed by atoms with Gasteiger partial charge in [0.25, 0.3) is 0 Å². The lowest BCUT2D eigenvalue weighted by atomic mass is 9.93. The Kier molecular flexibility index (Phi) is 5.64. The molecular weight excluding hydrogens is 370 g/mol. The van der Waals surface area contributed by atoms with Gasteiger partial charge in [-0.15, -0.1) is 0 Å². The van der Waals surface area contributed by atoms with E-state index in [1.807, 2.05) is 30.3 Å². The molecule has 0 spiro atoms. The largest absolute Gasteiger partial charge is 0.339 e. The number of pyridine rings is 1. The molecule has 1 unspecified atom stereocenters. The zero-order valence-corrected chi connectivity index (χ0v) is 16.7. The van der Waals surface area contributed by atoms with E-state index >= 15 is 0 Å². The maximum atomic E-state index is 12.9. The fourth-order valence-electron chi connectivity index (χ4n) is 4.58. The van der Waals surface area contributed by atoms with E-state index < -0.39 is 0 Å². The number of halogens is 1.